The molecule has 0 saturated heterocycles. The molecule has 1 atom stereocenters. The number of esters is 3. The molecule has 0 aromatic rings. The lowest BCUT2D eigenvalue weighted by atomic mass is 10.1. The second-order valence-electron chi connectivity index (χ2n) is 20.2. The average molecular weight is 1060 g/mol. The van der Waals surface area contributed by atoms with Crippen LogP contribution < -0.4 is 0 Å². The van der Waals surface area contributed by atoms with Gasteiger partial charge in [-0.3, -0.25) is 14.4 Å². The molecule has 0 aromatic heterocycles. The summed E-state index contributed by atoms with van der Waals surface area (Å²) in [7, 11) is 0. The first kappa shape index (κ1) is 72.3. The van der Waals surface area contributed by atoms with Crippen molar-refractivity contribution in [3.63, 3.8) is 0 Å². The summed E-state index contributed by atoms with van der Waals surface area (Å²) in [5, 5.41) is 0. The number of carbonyl (C=O) groups is 3. The first-order valence-electron chi connectivity index (χ1n) is 31.3. The molecule has 0 amide bonds. The van der Waals surface area contributed by atoms with Gasteiger partial charge in [0.15, 0.2) is 6.10 Å². The van der Waals surface area contributed by atoms with Crippen LogP contribution in [0.5, 0.6) is 0 Å². The van der Waals surface area contributed by atoms with E-state index >= 15 is 0 Å². The van der Waals surface area contributed by atoms with E-state index in [0.717, 1.165) is 148 Å². The normalized spacial score (nSPS) is 13.1. The Balaban J connectivity index is 4.24. The van der Waals surface area contributed by atoms with Gasteiger partial charge in [-0.2, -0.15) is 0 Å². The van der Waals surface area contributed by atoms with Crippen molar-refractivity contribution < 1.29 is 28.6 Å². The molecular weight excluding hydrogens is 949 g/mol. The smallest absolute Gasteiger partial charge is 0.306 e. The standard InChI is InChI=1S/C71H114O6/c1-4-7-10-13-16-18-20-22-24-26-28-30-32-33-34-35-36-37-39-40-42-44-46-48-50-52-55-58-61-64-70(73)76-67-68(66-75-69(72)63-60-57-54-15-12-9-6-3)77-71(74)65-62-59-56-53-51-49-47-45-43-41-38-31-29-27-25-23-21-19-17-14-11-8-5-2/h7-8,10-11,16-19,22-25,28-31,33-34,36-37,40-43,68H,4-6,9,12-15,20-21,26-27,32,35,38-39,44-67H2,1-3H3/b10-7-,11-8-,18-16-,19-17-,24-22-,25-23-,30-28-,31-29-,34-33-,37-36-,42-40-,43-41-. The van der Waals surface area contributed by atoms with Crippen LogP contribution in [0.2, 0.25) is 0 Å². The molecule has 0 aliphatic rings. The molecule has 0 rings (SSSR count). The first-order valence-corrected chi connectivity index (χ1v) is 31.3. The van der Waals surface area contributed by atoms with E-state index in [1.807, 2.05) is 0 Å². The van der Waals surface area contributed by atoms with Crippen LogP contribution in [0.15, 0.2) is 146 Å². The van der Waals surface area contributed by atoms with Gasteiger partial charge in [-0.15, -0.1) is 0 Å². The molecule has 1 unspecified atom stereocenters. The van der Waals surface area contributed by atoms with Crippen molar-refractivity contribution >= 4 is 17.9 Å². The van der Waals surface area contributed by atoms with E-state index in [9.17, 15) is 14.4 Å². The van der Waals surface area contributed by atoms with Gasteiger partial charge in [-0.1, -0.05) is 269 Å². The molecule has 0 fully saturated rings. The maximum Gasteiger partial charge on any atom is 0.306 e. The lowest BCUT2D eigenvalue weighted by Crippen LogP contribution is -2.30. The largest absolute Gasteiger partial charge is 0.462 e. The van der Waals surface area contributed by atoms with E-state index in [1.54, 1.807) is 0 Å². The maximum atomic E-state index is 12.9. The van der Waals surface area contributed by atoms with Gasteiger partial charge in [0, 0.05) is 19.3 Å². The summed E-state index contributed by atoms with van der Waals surface area (Å²) in [4.78, 5) is 38.1. The van der Waals surface area contributed by atoms with Crippen molar-refractivity contribution in [2.75, 3.05) is 13.2 Å². The minimum Gasteiger partial charge on any atom is -0.462 e. The fourth-order valence-electron chi connectivity index (χ4n) is 8.21. The maximum absolute atomic E-state index is 12.9. The summed E-state index contributed by atoms with van der Waals surface area (Å²) in [5.41, 5.74) is 0. The number of allylic oxidation sites excluding steroid dienone is 24. The molecule has 6 nitrogen and oxygen atoms in total. The summed E-state index contributed by atoms with van der Waals surface area (Å²) in [6, 6.07) is 0. The third kappa shape index (κ3) is 62.0. The van der Waals surface area contributed by atoms with Crippen LogP contribution in [0.1, 0.15) is 265 Å². The predicted octanol–water partition coefficient (Wildman–Crippen LogP) is 21.5. The molecule has 0 aromatic carbocycles. The molecule has 0 aliphatic heterocycles. The second-order valence-corrected chi connectivity index (χ2v) is 20.2. The Hall–Kier alpha value is -4.71. The summed E-state index contributed by atoms with van der Waals surface area (Å²) in [6.07, 6.45) is 91.5. The van der Waals surface area contributed by atoms with Gasteiger partial charge < -0.3 is 14.2 Å². The Bertz CT molecular complexity index is 1700. The fourth-order valence-corrected chi connectivity index (χ4v) is 8.21. The van der Waals surface area contributed by atoms with Gasteiger partial charge in [-0.05, 0) is 122 Å². The Morgan fingerprint density at radius 3 is 0.792 bits per heavy atom. The van der Waals surface area contributed by atoms with Crippen LogP contribution in [-0.4, -0.2) is 37.2 Å². The van der Waals surface area contributed by atoms with E-state index in [-0.39, 0.29) is 31.1 Å². The predicted molar refractivity (Wildman–Crippen MR) is 334 cm³/mol. The van der Waals surface area contributed by atoms with Crippen LogP contribution in [0.4, 0.5) is 0 Å². The highest BCUT2D eigenvalue weighted by Gasteiger charge is 2.19. The lowest BCUT2D eigenvalue weighted by molar-refractivity contribution is -0.167. The molecule has 0 bridgehead atoms. The van der Waals surface area contributed by atoms with E-state index in [2.05, 4.69) is 167 Å². The molecule has 0 heterocycles. The zero-order valence-electron chi connectivity index (χ0n) is 49.7. The zero-order valence-corrected chi connectivity index (χ0v) is 49.7. The van der Waals surface area contributed by atoms with Gasteiger partial charge in [0.25, 0.3) is 0 Å². The highest BCUT2D eigenvalue weighted by molar-refractivity contribution is 5.71. The van der Waals surface area contributed by atoms with Gasteiger partial charge >= 0.3 is 17.9 Å². The number of rotatable bonds is 55. The molecule has 6 heteroatoms. The molecular formula is C71H114O6. The van der Waals surface area contributed by atoms with Crippen molar-refractivity contribution in [3.8, 4) is 0 Å². The highest BCUT2D eigenvalue weighted by atomic mass is 16.6. The molecule has 0 aliphatic carbocycles. The first-order chi connectivity index (χ1) is 38.0. The number of hydrogen-bond acceptors (Lipinski definition) is 6. The Morgan fingerprint density at radius 1 is 0.273 bits per heavy atom. The monoisotopic (exact) mass is 1060 g/mol. The number of unbranched alkanes of at least 4 members (excludes halogenated alkanes) is 20. The van der Waals surface area contributed by atoms with E-state index in [1.165, 1.54) is 77.0 Å². The lowest BCUT2D eigenvalue weighted by Gasteiger charge is -2.18. The van der Waals surface area contributed by atoms with Gasteiger partial charge in [0.05, 0.1) is 0 Å². The summed E-state index contributed by atoms with van der Waals surface area (Å²) < 4.78 is 16.8. The Morgan fingerprint density at radius 2 is 0.506 bits per heavy atom. The number of carbonyl (C=O) groups excluding carboxylic acids is 3. The van der Waals surface area contributed by atoms with Gasteiger partial charge in [0.1, 0.15) is 13.2 Å². The van der Waals surface area contributed by atoms with E-state index < -0.39 is 6.10 Å². The fraction of sp³-hybridized carbons (Fsp3) is 0.620. The van der Waals surface area contributed by atoms with E-state index in [4.69, 9.17) is 14.2 Å². The summed E-state index contributed by atoms with van der Waals surface area (Å²) in [5.74, 6) is -0.922. The molecule has 77 heavy (non-hydrogen) atoms. The van der Waals surface area contributed by atoms with Crippen molar-refractivity contribution in [2.24, 2.45) is 0 Å². The average Bonchev–Trinajstić information content (AvgIpc) is 3.43. The van der Waals surface area contributed by atoms with E-state index in [0.29, 0.717) is 19.3 Å². The Kier molecular flexibility index (Phi) is 59.9. The Labute approximate surface area is 474 Å². The van der Waals surface area contributed by atoms with Gasteiger partial charge in [-0.25, -0.2) is 0 Å². The third-order valence-electron chi connectivity index (χ3n) is 12.8. The zero-order chi connectivity index (χ0) is 55.7. The van der Waals surface area contributed by atoms with Crippen molar-refractivity contribution in [1.82, 2.24) is 0 Å². The van der Waals surface area contributed by atoms with Crippen LogP contribution >= 0.6 is 0 Å². The van der Waals surface area contributed by atoms with Crippen molar-refractivity contribution in [2.45, 2.75) is 271 Å². The van der Waals surface area contributed by atoms with Crippen molar-refractivity contribution in [1.29, 1.82) is 0 Å². The van der Waals surface area contributed by atoms with Crippen LogP contribution in [0.25, 0.3) is 0 Å². The topological polar surface area (TPSA) is 78.9 Å². The highest BCUT2D eigenvalue weighted by Crippen LogP contribution is 2.14. The molecule has 0 spiro atoms. The van der Waals surface area contributed by atoms with Crippen LogP contribution in [-0.2, 0) is 28.6 Å². The summed E-state index contributed by atoms with van der Waals surface area (Å²) in [6.45, 7) is 6.35. The minimum atomic E-state index is -0.793. The number of hydrogen-bond donors (Lipinski definition) is 0. The molecule has 0 saturated carbocycles. The molecule has 0 radical (unpaired) electrons. The van der Waals surface area contributed by atoms with Gasteiger partial charge in [0.2, 0.25) is 0 Å². The molecule has 0 N–H and O–H groups in total. The SMILES string of the molecule is CC/C=C\C/C=C\C/C=C\C/C=C\C/C=C\C/C=C\C/C=C\CCCCCCCCCC(=O)OCC(COC(=O)CCCCCCCCC)OC(=O)CCCCCCCCC/C=C\C/C=C\C/C=C\C/C=C\C/C=C\CC. The molecule has 434 valence electrons. The number of ether oxygens (including phenoxy) is 3. The third-order valence-corrected chi connectivity index (χ3v) is 12.8. The van der Waals surface area contributed by atoms with Crippen molar-refractivity contribution in [3.05, 3.63) is 146 Å². The summed E-state index contributed by atoms with van der Waals surface area (Å²) >= 11 is 0. The minimum absolute atomic E-state index is 0.0900. The van der Waals surface area contributed by atoms with Crippen LogP contribution in [0.3, 0.4) is 0 Å². The quantitative estimate of drug-likeness (QED) is 0.0261. The second kappa shape index (κ2) is 63.8. The van der Waals surface area contributed by atoms with Crippen LogP contribution in [0, 0.1) is 0 Å².